The zero-order chi connectivity index (χ0) is 15.0. The maximum atomic E-state index is 13.1. The van der Waals surface area contributed by atoms with Crippen LogP contribution in [0.3, 0.4) is 0 Å². The van der Waals surface area contributed by atoms with E-state index in [0.717, 1.165) is 12.3 Å². The van der Waals surface area contributed by atoms with Crippen molar-refractivity contribution in [1.82, 2.24) is 10.3 Å². The molecule has 1 aliphatic carbocycles. The molecule has 2 N–H and O–H groups in total. The molecule has 20 heavy (non-hydrogen) atoms. The smallest absolute Gasteiger partial charge is 0.370 e. The monoisotopic (exact) mass is 291 g/mol. The lowest BCUT2D eigenvalue weighted by Crippen LogP contribution is -2.48. The van der Waals surface area contributed by atoms with E-state index in [1.54, 1.807) is 6.92 Å². The van der Waals surface area contributed by atoms with Crippen LogP contribution in [-0.4, -0.2) is 29.2 Å². The molecule has 0 unspecified atom stereocenters. The lowest BCUT2D eigenvalue weighted by atomic mass is 10.2. The molecule has 0 aromatic carbocycles. The summed E-state index contributed by atoms with van der Waals surface area (Å²) >= 11 is 0. The minimum atomic E-state index is -4.51. The Hall–Kier alpha value is -1.86. The number of hydrogen-bond donors (Lipinski definition) is 2. The molecule has 0 atom stereocenters. The fourth-order valence-corrected chi connectivity index (χ4v) is 1.81. The number of amides is 1. The van der Waals surface area contributed by atoms with E-state index in [4.69, 9.17) is 0 Å². The van der Waals surface area contributed by atoms with E-state index in [0.29, 0.717) is 6.54 Å². The zero-order valence-corrected chi connectivity index (χ0v) is 10.6. The number of pyridine rings is 1. The van der Waals surface area contributed by atoms with Crippen LogP contribution in [0, 0.1) is 5.82 Å². The maximum absolute atomic E-state index is 13.1. The van der Waals surface area contributed by atoms with E-state index < -0.39 is 23.4 Å². The van der Waals surface area contributed by atoms with Crippen LogP contribution in [0.4, 0.5) is 23.4 Å². The molecule has 1 heterocycles. The summed E-state index contributed by atoms with van der Waals surface area (Å²) in [4.78, 5) is 15.6. The molecule has 0 spiro atoms. The van der Waals surface area contributed by atoms with Crippen molar-refractivity contribution in [2.75, 3.05) is 11.9 Å². The highest BCUT2D eigenvalue weighted by Gasteiger charge is 2.64. The van der Waals surface area contributed by atoms with Gasteiger partial charge >= 0.3 is 6.18 Å². The highest BCUT2D eigenvalue weighted by Crippen LogP contribution is 2.49. The van der Waals surface area contributed by atoms with Gasteiger partial charge in [-0.2, -0.15) is 13.2 Å². The third-order valence-electron chi connectivity index (χ3n) is 3.09. The van der Waals surface area contributed by atoms with Gasteiger partial charge in [0.15, 0.2) is 0 Å². The fraction of sp³-hybridized carbons (Fsp3) is 0.500. The van der Waals surface area contributed by atoms with Gasteiger partial charge in [-0.25, -0.2) is 9.37 Å². The molecule has 1 fully saturated rings. The van der Waals surface area contributed by atoms with E-state index >= 15 is 0 Å². The Morgan fingerprint density at radius 2 is 2.10 bits per heavy atom. The van der Waals surface area contributed by atoms with Gasteiger partial charge in [0.05, 0.1) is 11.8 Å². The van der Waals surface area contributed by atoms with Crippen molar-refractivity contribution in [2.45, 2.75) is 31.5 Å². The summed E-state index contributed by atoms with van der Waals surface area (Å²) in [6.07, 6.45) is -3.95. The van der Waals surface area contributed by atoms with Gasteiger partial charge in [-0.15, -0.1) is 0 Å². The topological polar surface area (TPSA) is 54.0 Å². The minimum absolute atomic E-state index is 0.0596. The first-order valence-corrected chi connectivity index (χ1v) is 6.08. The SMILES string of the molecule is CCNc1ncc(F)cc1C(=O)NC1(C(F)(F)F)CC1. The Bertz CT molecular complexity index is 526. The van der Waals surface area contributed by atoms with Gasteiger partial charge in [0.25, 0.3) is 5.91 Å². The molecule has 0 aliphatic heterocycles. The Morgan fingerprint density at radius 1 is 1.45 bits per heavy atom. The predicted octanol–water partition coefficient (Wildman–Crippen LogP) is 2.48. The molecule has 1 saturated carbocycles. The van der Waals surface area contributed by atoms with Crippen molar-refractivity contribution in [3.63, 3.8) is 0 Å². The number of carbonyl (C=O) groups excluding carboxylic acids is 1. The second-order valence-corrected chi connectivity index (χ2v) is 4.61. The van der Waals surface area contributed by atoms with Gasteiger partial charge in [-0.3, -0.25) is 4.79 Å². The number of halogens is 4. The molecule has 110 valence electrons. The molecule has 1 aliphatic rings. The van der Waals surface area contributed by atoms with Crippen LogP contribution in [0.15, 0.2) is 12.3 Å². The summed E-state index contributed by atoms with van der Waals surface area (Å²) in [5.74, 6) is -1.71. The first kappa shape index (κ1) is 14.5. The predicted molar refractivity (Wildman–Crippen MR) is 63.8 cm³/mol. The summed E-state index contributed by atoms with van der Waals surface area (Å²) in [7, 11) is 0. The highest BCUT2D eigenvalue weighted by molar-refractivity contribution is 5.99. The number of nitrogens with one attached hydrogen (secondary N) is 2. The first-order chi connectivity index (χ1) is 9.29. The molecular weight excluding hydrogens is 278 g/mol. The molecule has 1 amide bonds. The normalized spacial score (nSPS) is 16.6. The average Bonchev–Trinajstić information content (AvgIpc) is 3.12. The highest BCUT2D eigenvalue weighted by atomic mass is 19.4. The van der Waals surface area contributed by atoms with Gasteiger partial charge in [-0.1, -0.05) is 0 Å². The molecule has 0 radical (unpaired) electrons. The second kappa shape index (κ2) is 4.92. The molecule has 0 bridgehead atoms. The first-order valence-electron chi connectivity index (χ1n) is 6.08. The number of alkyl halides is 3. The van der Waals surface area contributed by atoms with Gasteiger partial charge in [0.2, 0.25) is 0 Å². The van der Waals surface area contributed by atoms with E-state index in [1.807, 2.05) is 5.32 Å². The third kappa shape index (κ3) is 2.68. The summed E-state index contributed by atoms with van der Waals surface area (Å²) < 4.78 is 51.5. The standard InChI is InChI=1S/C12H13F4N3O/c1-2-17-9-8(5-7(13)6-18-9)10(20)19-11(3-4-11)12(14,15)16/h5-6H,2-4H2,1H3,(H,17,18)(H,19,20). The van der Waals surface area contributed by atoms with Crippen LogP contribution in [0.2, 0.25) is 0 Å². The maximum Gasteiger partial charge on any atom is 0.411 e. The number of aromatic nitrogens is 1. The van der Waals surface area contributed by atoms with Crippen LogP contribution >= 0.6 is 0 Å². The molecular formula is C12H13F4N3O. The van der Waals surface area contributed by atoms with Gasteiger partial charge < -0.3 is 10.6 Å². The Kier molecular flexibility index (Phi) is 3.58. The molecule has 4 nitrogen and oxygen atoms in total. The molecule has 1 aromatic rings. The van der Waals surface area contributed by atoms with Crippen molar-refractivity contribution in [1.29, 1.82) is 0 Å². The number of rotatable bonds is 4. The molecule has 8 heteroatoms. The number of carbonyl (C=O) groups is 1. The van der Waals surface area contributed by atoms with Crippen molar-refractivity contribution in [3.05, 3.63) is 23.6 Å². The van der Waals surface area contributed by atoms with Crippen molar-refractivity contribution < 1.29 is 22.4 Å². The molecule has 0 saturated heterocycles. The number of anilines is 1. The number of nitrogens with zero attached hydrogens (tertiary/aromatic N) is 1. The summed E-state index contributed by atoms with van der Waals surface area (Å²) in [5, 5.41) is 4.65. The average molecular weight is 291 g/mol. The van der Waals surface area contributed by atoms with Crippen LogP contribution in [0.5, 0.6) is 0 Å². The van der Waals surface area contributed by atoms with Crippen LogP contribution in [0.25, 0.3) is 0 Å². The molecule has 1 aromatic heterocycles. The van der Waals surface area contributed by atoms with E-state index in [2.05, 4.69) is 10.3 Å². The van der Waals surface area contributed by atoms with Crippen molar-refractivity contribution in [3.8, 4) is 0 Å². The summed E-state index contributed by atoms with van der Waals surface area (Å²) in [6.45, 7) is 2.13. The quantitative estimate of drug-likeness (QED) is 0.838. The van der Waals surface area contributed by atoms with E-state index in [-0.39, 0.29) is 24.2 Å². The van der Waals surface area contributed by atoms with Gasteiger partial charge in [0.1, 0.15) is 17.2 Å². The van der Waals surface area contributed by atoms with Crippen LogP contribution < -0.4 is 10.6 Å². The fourth-order valence-electron chi connectivity index (χ4n) is 1.81. The lowest BCUT2D eigenvalue weighted by Gasteiger charge is -2.21. The lowest BCUT2D eigenvalue weighted by molar-refractivity contribution is -0.163. The molecule has 2 rings (SSSR count). The van der Waals surface area contributed by atoms with E-state index in [9.17, 15) is 22.4 Å². The van der Waals surface area contributed by atoms with Crippen LogP contribution in [0.1, 0.15) is 30.1 Å². The summed E-state index contributed by atoms with van der Waals surface area (Å²) in [6, 6.07) is 0.868. The largest absolute Gasteiger partial charge is 0.411 e. The van der Waals surface area contributed by atoms with Crippen molar-refractivity contribution in [2.24, 2.45) is 0 Å². The van der Waals surface area contributed by atoms with Crippen molar-refractivity contribution >= 4 is 11.7 Å². The summed E-state index contributed by atoms with van der Waals surface area (Å²) in [5.41, 5.74) is -2.41. The van der Waals surface area contributed by atoms with Gasteiger partial charge in [0, 0.05) is 6.54 Å². The van der Waals surface area contributed by atoms with Crippen LogP contribution in [-0.2, 0) is 0 Å². The number of hydrogen-bond acceptors (Lipinski definition) is 3. The van der Waals surface area contributed by atoms with E-state index in [1.165, 1.54) is 0 Å². The Labute approximate surface area is 112 Å². The van der Waals surface area contributed by atoms with Gasteiger partial charge in [-0.05, 0) is 25.8 Å². The minimum Gasteiger partial charge on any atom is -0.370 e. The second-order valence-electron chi connectivity index (χ2n) is 4.61. The Balaban J connectivity index is 2.23. The third-order valence-corrected chi connectivity index (χ3v) is 3.09. The Morgan fingerprint density at radius 3 is 2.60 bits per heavy atom. The zero-order valence-electron chi connectivity index (χ0n) is 10.6.